The zero-order valence-corrected chi connectivity index (χ0v) is 8.01. The first-order valence-corrected chi connectivity index (χ1v) is 4.29. The highest BCUT2D eigenvalue weighted by atomic mass is 16.7. The largest absolute Gasteiger partial charge is 0.443 e. The Hall–Kier alpha value is -1.22. The van der Waals surface area contributed by atoms with Gasteiger partial charge in [-0.05, 0) is 37.1 Å². The fourth-order valence-corrected chi connectivity index (χ4v) is 1.46. The third kappa shape index (κ3) is 1.35. The highest BCUT2D eigenvalue weighted by Gasteiger charge is 2.31. The van der Waals surface area contributed by atoms with Gasteiger partial charge in [0.25, 0.3) is 5.91 Å². The van der Waals surface area contributed by atoms with E-state index in [-0.39, 0.29) is 0 Å². The maximum Gasteiger partial charge on any atom is 0.287 e. The van der Waals surface area contributed by atoms with E-state index in [0.29, 0.717) is 5.75 Å². The van der Waals surface area contributed by atoms with Crippen molar-refractivity contribution in [2.24, 2.45) is 0 Å². The van der Waals surface area contributed by atoms with Gasteiger partial charge in [-0.2, -0.15) is 0 Å². The van der Waals surface area contributed by atoms with E-state index in [1.54, 1.807) is 6.92 Å². The van der Waals surface area contributed by atoms with E-state index in [0.717, 1.165) is 5.69 Å². The van der Waals surface area contributed by atoms with Gasteiger partial charge in [-0.1, -0.05) is 0 Å². The second kappa shape index (κ2) is 2.39. The molecule has 0 spiro atoms. The summed E-state index contributed by atoms with van der Waals surface area (Å²) in [7, 11) is 0. The molecule has 0 amide bonds. The minimum absolute atomic E-state index is 0.716. The highest BCUT2D eigenvalue weighted by Crippen LogP contribution is 2.37. The summed E-state index contributed by atoms with van der Waals surface area (Å²) in [6.07, 6.45) is 0. The van der Waals surface area contributed by atoms with Crippen LogP contribution < -0.4 is 10.1 Å². The van der Waals surface area contributed by atoms with E-state index in [2.05, 4.69) is 5.32 Å². The molecule has 70 valence electrons. The van der Waals surface area contributed by atoms with E-state index in [4.69, 9.17) is 4.74 Å². The van der Waals surface area contributed by atoms with Crippen LogP contribution in [0.15, 0.2) is 12.1 Å². The Labute approximate surface area is 77.3 Å². The van der Waals surface area contributed by atoms with Crippen LogP contribution in [0.25, 0.3) is 0 Å². The van der Waals surface area contributed by atoms with Crippen LogP contribution >= 0.6 is 0 Å². The number of fused-ring (bicyclic) bond motifs is 1. The third-order valence-corrected chi connectivity index (χ3v) is 2.27. The molecule has 0 bridgehead atoms. The van der Waals surface area contributed by atoms with Crippen molar-refractivity contribution in [1.29, 1.82) is 0 Å². The van der Waals surface area contributed by atoms with Crippen LogP contribution in [0.4, 0.5) is 5.69 Å². The number of aliphatic hydroxyl groups is 1. The summed E-state index contributed by atoms with van der Waals surface area (Å²) in [5.74, 6) is -0.546. The van der Waals surface area contributed by atoms with Crippen molar-refractivity contribution in [2.75, 3.05) is 5.32 Å². The molecule has 1 aromatic carbocycles. The summed E-state index contributed by atoms with van der Waals surface area (Å²) in [5.41, 5.74) is 3.21. The van der Waals surface area contributed by atoms with Crippen LogP contribution in [0.3, 0.4) is 0 Å². The molecule has 0 fully saturated rings. The Bertz CT molecular complexity index is 325. The van der Waals surface area contributed by atoms with Gasteiger partial charge in [0.15, 0.2) is 0 Å². The van der Waals surface area contributed by atoms with E-state index in [1.165, 1.54) is 11.1 Å². The lowest BCUT2D eigenvalue weighted by Crippen LogP contribution is -2.35. The predicted octanol–water partition coefficient (Wildman–Crippen LogP) is 1.77. The van der Waals surface area contributed by atoms with Crippen molar-refractivity contribution in [3.8, 4) is 5.75 Å². The Kier molecular flexibility index (Phi) is 1.54. The maximum absolute atomic E-state index is 9.56. The topological polar surface area (TPSA) is 41.5 Å². The lowest BCUT2D eigenvalue weighted by atomic mass is 10.1. The number of nitrogens with one attached hydrogen (secondary N) is 1. The number of benzene rings is 1. The molecule has 0 radical (unpaired) electrons. The van der Waals surface area contributed by atoms with Gasteiger partial charge < -0.3 is 15.2 Å². The molecule has 0 saturated carbocycles. The lowest BCUT2D eigenvalue weighted by Gasteiger charge is -2.15. The fourth-order valence-electron chi connectivity index (χ4n) is 1.46. The molecule has 0 aromatic heterocycles. The van der Waals surface area contributed by atoms with Crippen molar-refractivity contribution in [2.45, 2.75) is 26.7 Å². The normalized spacial score (nSPS) is 24.9. The molecule has 3 nitrogen and oxygen atoms in total. The van der Waals surface area contributed by atoms with Gasteiger partial charge in [-0.15, -0.1) is 0 Å². The molecular weight excluding hydrogens is 166 g/mol. The highest BCUT2D eigenvalue weighted by molar-refractivity contribution is 5.63. The zero-order valence-electron chi connectivity index (χ0n) is 8.01. The first-order chi connectivity index (χ1) is 5.98. The molecule has 0 saturated heterocycles. The fraction of sp³-hybridized carbons (Fsp3) is 0.400. The van der Waals surface area contributed by atoms with E-state index < -0.39 is 5.91 Å². The van der Waals surface area contributed by atoms with E-state index in [9.17, 15) is 5.11 Å². The Morgan fingerprint density at radius 2 is 1.92 bits per heavy atom. The molecule has 0 aliphatic carbocycles. The molecule has 1 aromatic rings. The van der Waals surface area contributed by atoms with Crippen molar-refractivity contribution in [3.63, 3.8) is 0 Å². The molecule has 3 heteroatoms. The standard InChI is InChI=1S/C10H13NO2/c1-6-4-8-9(5-7(6)2)13-10(3,12)11-8/h4-5,11-12H,1-3H3. The summed E-state index contributed by atoms with van der Waals surface area (Å²) < 4.78 is 5.27. The molecule has 13 heavy (non-hydrogen) atoms. The summed E-state index contributed by atoms with van der Waals surface area (Å²) >= 11 is 0. The van der Waals surface area contributed by atoms with Crippen molar-refractivity contribution < 1.29 is 9.84 Å². The Morgan fingerprint density at radius 1 is 1.31 bits per heavy atom. The number of hydrogen-bond acceptors (Lipinski definition) is 3. The van der Waals surface area contributed by atoms with Crippen LogP contribution in [0.1, 0.15) is 18.1 Å². The van der Waals surface area contributed by atoms with Crippen LogP contribution in [-0.2, 0) is 0 Å². The average Bonchev–Trinajstić information content (AvgIpc) is 2.24. The Morgan fingerprint density at radius 3 is 2.62 bits per heavy atom. The van der Waals surface area contributed by atoms with Crippen LogP contribution in [0, 0.1) is 13.8 Å². The summed E-state index contributed by atoms with van der Waals surface area (Å²) in [6.45, 7) is 5.63. The maximum atomic E-state index is 9.56. The molecule has 1 heterocycles. The lowest BCUT2D eigenvalue weighted by molar-refractivity contribution is -0.0833. The first kappa shape index (κ1) is 8.38. The summed E-state index contributed by atoms with van der Waals surface area (Å²) in [6, 6.07) is 3.91. The van der Waals surface area contributed by atoms with E-state index >= 15 is 0 Å². The van der Waals surface area contributed by atoms with Crippen LogP contribution in [-0.4, -0.2) is 11.0 Å². The molecule has 1 atom stereocenters. The second-order valence-corrected chi connectivity index (χ2v) is 3.64. The van der Waals surface area contributed by atoms with Gasteiger partial charge in [0, 0.05) is 6.92 Å². The number of anilines is 1. The third-order valence-electron chi connectivity index (χ3n) is 2.27. The van der Waals surface area contributed by atoms with Gasteiger partial charge in [0.1, 0.15) is 5.75 Å². The molecule has 2 rings (SSSR count). The quantitative estimate of drug-likeness (QED) is 0.637. The minimum Gasteiger partial charge on any atom is -0.443 e. The zero-order chi connectivity index (χ0) is 9.64. The van der Waals surface area contributed by atoms with Gasteiger partial charge in [0.05, 0.1) is 5.69 Å². The van der Waals surface area contributed by atoms with Gasteiger partial charge in [-0.25, -0.2) is 0 Å². The van der Waals surface area contributed by atoms with Crippen molar-refractivity contribution >= 4 is 5.69 Å². The molecule has 2 N–H and O–H groups in total. The molecule has 1 unspecified atom stereocenters. The number of aryl methyl sites for hydroxylation is 2. The summed E-state index contributed by atoms with van der Waals surface area (Å²) in [4.78, 5) is 0. The minimum atomic E-state index is -1.26. The number of rotatable bonds is 0. The van der Waals surface area contributed by atoms with Gasteiger partial charge >= 0.3 is 0 Å². The predicted molar refractivity (Wildman–Crippen MR) is 50.8 cm³/mol. The number of hydrogen-bond donors (Lipinski definition) is 2. The van der Waals surface area contributed by atoms with Crippen molar-refractivity contribution in [1.82, 2.24) is 0 Å². The van der Waals surface area contributed by atoms with Crippen molar-refractivity contribution in [3.05, 3.63) is 23.3 Å². The molecular formula is C10H13NO2. The van der Waals surface area contributed by atoms with Gasteiger partial charge in [0.2, 0.25) is 0 Å². The summed E-state index contributed by atoms with van der Waals surface area (Å²) in [5, 5.41) is 12.4. The SMILES string of the molecule is Cc1cc2c(cc1C)OC(C)(O)N2. The average molecular weight is 179 g/mol. The molecule has 1 aliphatic rings. The second-order valence-electron chi connectivity index (χ2n) is 3.64. The smallest absolute Gasteiger partial charge is 0.287 e. The van der Waals surface area contributed by atoms with Crippen LogP contribution in [0.5, 0.6) is 5.75 Å². The van der Waals surface area contributed by atoms with Crippen LogP contribution in [0.2, 0.25) is 0 Å². The number of ether oxygens (including phenoxy) is 1. The van der Waals surface area contributed by atoms with E-state index in [1.807, 2.05) is 26.0 Å². The monoisotopic (exact) mass is 179 g/mol. The molecule has 1 aliphatic heterocycles. The Balaban J connectivity index is 2.48. The first-order valence-electron chi connectivity index (χ1n) is 4.29. The van der Waals surface area contributed by atoms with Gasteiger partial charge in [-0.3, -0.25) is 0 Å².